The molecule has 1 aromatic carbocycles. The van der Waals surface area contributed by atoms with E-state index in [2.05, 4.69) is 14.8 Å². The molecule has 4 heterocycles. The van der Waals surface area contributed by atoms with Gasteiger partial charge in [0.25, 0.3) is 5.56 Å². The van der Waals surface area contributed by atoms with E-state index in [1.54, 1.807) is 0 Å². The van der Waals surface area contributed by atoms with Gasteiger partial charge in [0.2, 0.25) is 0 Å². The van der Waals surface area contributed by atoms with Gasteiger partial charge in [-0.1, -0.05) is 23.7 Å². The SMILES string of the molecule is O=c1[nH]c(CN2CCN(C[C@H]3CCCO3)CC2)nc2cc(-c3ccc(Cl)cc3)sc12. The van der Waals surface area contributed by atoms with E-state index in [0.29, 0.717) is 22.4 Å². The first kappa shape index (κ1) is 20.2. The van der Waals surface area contributed by atoms with Gasteiger partial charge >= 0.3 is 0 Å². The van der Waals surface area contributed by atoms with Crippen molar-refractivity contribution in [1.29, 1.82) is 0 Å². The van der Waals surface area contributed by atoms with Crippen LogP contribution in [0.5, 0.6) is 0 Å². The Kier molecular flexibility index (Phi) is 5.89. The van der Waals surface area contributed by atoms with Crippen LogP contribution in [0.4, 0.5) is 0 Å². The van der Waals surface area contributed by atoms with Crippen molar-refractivity contribution < 1.29 is 4.74 Å². The van der Waals surface area contributed by atoms with Gasteiger partial charge in [0.15, 0.2) is 0 Å². The molecule has 0 bridgehead atoms. The first-order valence-corrected chi connectivity index (χ1v) is 11.7. The monoisotopic (exact) mass is 444 g/mol. The number of thiophene rings is 1. The summed E-state index contributed by atoms with van der Waals surface area (Å²) in [6.45, 7) is 6.65. The van der Waals surface area contributed by atoms with Crippen LogP contribution in [0.1, 0.15) is 18.7 Å². The largest absolute Gasteiger partial charge is 0.377 e. The van der Waals surface area contributed by atoms with Crippen LogP contribution in [0.3, 0.4) is 0 Å². The molecule has 6 nitrogen and oxygen atoms in total. The maximum absolute atomic E-state index is 12.6. The van der Waals surface area contributed by atoms with Crippen LogP contribution < -0.4 is 5.56 Å². The Morgan fingerprint density at radius 1 is 1.17 bits per heavy atom. The molecule has 2 aliphatic heterocycles. The predicted molar refractivity (Wildman–Crippen MR) is 121 cm³/mol. The maximum Gasteiger partial charge on any atom is 0.268 e. The Balaban J connectivity index is 1.26. The molecule has 2 aromatic heterocycles. The summed E-state index contributed by atoms with van der Waals surface area (Å²) in [5.74, 6) is 0.737. The molecule has 0 amide bonds. The van der Waals surface area contributed by atoms with Crippen LogP contribution in [0.2, 0.25) is 5.02 Å². The van der Waals surface area contributed by atoms with Gasteiger partial charge in [-0.25, -0.2) is 4.98 Å². The second-order valence-corrected chi connectivity index (χ2v) is 9.54. The lowest BCUT2D eigenvalue weighted by Crippen LogP contribution is -2.48. The first-order chi connectivity index (χ1) is 14.6. The van der Waals surface area contributed by atoms with Crippen LogP contribution in [0.25, 0.3) is 20.7 Å². The number of piperazine rings is 1. The van der Waals surface area contributed by atoms with E-state index in [9.17, 15) is 4.79 Å². The molecule has 0 saturated carbocycles. The summed E-state index contributed by atoms with van der Waals surface area (Å²) in [4.78, 5) is 26.3. The second kappa shape index (κ2) is 8.77. The summed E-state index contributed by atoms with van der Waals surface area (Å²) in [5.41, 5.74) is 1.75. The van der Waals surface area contributed by atoms with Crippen LogP contribution in [0.15, 0.2) is 35.1 Å². The fourth-order valence-corrected chi connectivity index (χ4v) is 5.36. The molecule has 2 saturated heterocycles. The molecule has 1 atom stereocenters. The number of ether oxygens (including phenoxy) is 1. The van der Waals surface area contributed by atoms with Crippen molar-refractivity contribution in [3.05, 3.63) is 51.5 Å². The number of fused-ring (bicyclic) bond motifs is 1. The van der Waals surface area contributed by atoms with Crippen molar-refractivity contribution in [1.82, 2.24) is 19.8 Å². The van der Waals surface area contributed by atoms with Gasteiger partial charge in [-0.05, 0) is 36.6 Å². The lowest BCUT2D eigenvalue weighted by Gasteiger charge is -2.35. The highest BCUT2D eigenvalue weighted by atomic mass is 35.5. The highest BCUT2D eigenvalue weighted by Gasteiger charge is 2.23. The predicted octanol–water partition coefficient (Wildman–Crippen LogP) is 3.60. The molecule has 30 heavy (non-hydrogen) atoms. The average molecular weight is 445 g/mol. The van der Waals surface area contributed by atoms with Crippen molar-refractivity contribution in [2.24, 2.45) is 0 Å². The molecule has 2 fully saturated rings. The van der Waals surface area contributed by atoms with E-state index in [-0.39, 0.29) is 5.56 Å². The van der Waals surface area contributed by atoms with Crippen LogP contribution in [0, 0.1) is 0 Å². The van der Waals surface area contributed by atoms with Gasteiger partial charge in [-0.3, -0.25) is 14.6 Å². The highest BCUT2D eigenvalue weighted by Crippen LogP contribution is 2.31. The Labute approximate surface area is 184 Å². The molecular formula is C22H25ClN4O2S. The molecule has 0 radical (unpaired) electrons. The van der Waals surface area contributed by atoms with E-state index in [1.165, 1.54) is 24.2 Å². The Hall–Kier alpha value is -1.77. The van der Waals surface area contributed by atoms with Crippen molar-refractivity contribution >= 4 is 33.2 Å². The van der Waals surface area contributed by atoms with E-state index < -0.39 is 0 Å². The van der Waals surface area contributed by atoms with Crippen molar-refractivity contribution in [3.63, 3.8) is 0 Å². The molecule has 0 spiro atoms. The summed E-state index contributed by atoms with van der Waals surface area (Å²) in [6, 6.07) is 9.67. The molecule has 3 aromatic rings. The number of nitrogens with one attached hydrogen (secondary N) is 1. The van der Waals surface area contributed by atoms with Crippen molar-refractivity contribution in [2.45, 2.75) is 25.5 Å². The molecule has 0 unspecified atom stereocenters. The van der Waals surface area contributed by atoms with Crippen molar-refractivity contribution in [3.8, 4) is 10.4 Å². The van der Waals surface area contributed by atoms with Crippen molar-refractivity contribution in [2.75, 3.05) is 39.3 Å². The average Bonchev–Trinajstić information content (AvgIpc) is 3.40. The minimum Gasteiger partial charge on any atom is -0.377 e. The quantitative estimate of drug-likeness (QED) is 0.651. The summed E-state index contributed by atoms with van der Waals surface area (Å²) in [6.07, 6.45) is 2.78. The van der Waals surface area contributed by atoms with Gasteiger partial charge in [0.1, 0.15) is 10.5 Å². The summed E-state index contributed by atoms with van der Waals surface area (Å²) in [5, 5.41) is 0.703. The first-order valence-electron chi connectivity index (χ1n) is 10.5. The zero-order valence-corrected chi connectivity index (χ0v) is 18.3. The molecule has 8 heteroatoms. The second-order valence-electron chi connectivity index (χ2n) is 8.06. The summed E-state index contributed by atoms with van der Waals surface area (Å²) in [7, 11) is 0. The van der Waals surface area contributed by atoms with E-state index in [0.717, 1.165) is 61.1 Å². The van der Waals surface area contributed by atoms with Gasteiger partial charge in [-0.2, -0.15) is 0 Å². The standard InChI is InChI=1S/C22H25ClN4O2S/c23-16-5-3-15(4-6-16)19-12-18-21(30-19)22(28)25-20(24-18)14-27-9-7-26(8-10-27)13-17-2-1-11-29-17/h3-6,12,17H,1-2,7-11,13-14H2,(H,24,25,28)/t17-/m1/s1. The van der Waals surface area contributed by atoms with Gasteiger partial charge < -0.3 is 9.72 Å². The third-order valence-corrected chi connectivity index (χ3v) is 7.31. The topological polar surface area (TPSA) is 61.5 Å². The number of hydrogen-bond acceptors (Lipinski definition) is 6. The Morgan fingerprint density at radius 2 is 1.93 bits per heavy atom. The van der Waals surface area contributed by atoms with E-state index in [1.807, 2.05) is 30.3 Å². The zero-order valence-electron chi connectivity index (χ0n) is 16.8. The van der Waals surface area contributed by atoms with Crippen LogP contribution >= 0.6 is 22.9 Å². The lowest BCUT2D eigenvalue weighted by molar-refractivity contribution is 0.0484. The molecule has 158 valence electrons. The number of halogens is 1. The van der Waals surface area contributed by atoms with Gasteiger partial charge in [0.05, 0.1) is 18.2 Å². The smallest absolute Gasteiger partial charge is 0.268 e. The fourth-order valence-electron chi connectivity index (χ4n) is 4.24. The fraction of sp³-hybridized carbons (Fsp3) is 0.455. The molecule has 5 rings (SSSR count). The third-order valence-electron chi connectivity index (χ3n) is 5.88. The number of hydrogen-bond donors (Lipinski definition) is 1. The molecule has 1 N–H and O–H groups in total. The highest BCUT2D eigenvalue weighted by molar-refractivity contribution is 7.22. The summed E-state index contributed by atoms with van der Waals surface area (Å²) >= 11 is 7.46. The van der Waals surface area contributed by atoms with E-state index in [4.69, 9.17) is 21.3 Å². The number of aromatic nitrogens is 2. The molecule has 2 aliphatic rings. The summed E-state index contributed by atoms with van der Waals surface area (Å²) < 4.78 is 6.43. The number of benzene rings is 1. The minimum absolute atomic E-state index is 0.0581. The minimum atomic E-state index is -0.0581. The molecular weight excluding hydrogens is 420 g/mol. The van der Waals surface area contributed by atoms with E-state index >= 15 is 0 Å². The number of rotatable bonds is 5. The van der Waals surface area contributed by atoms with Crippen LogP contribution in [-0.4, -0.2) is 65.2 Å². The third kappa shape index (κ3) is 4.45. The van der Waals surface area contributed by atoms with Crippen LogP contribution in [-0.2, 0) is 11.3 Å². The van der Waals surface area contributed by atoms with Gasteiger partial charge in [-0.15, -0.1) is 11.3 Å². The number of aromatic amines is 1. The van der Waals surface area contributed by atoms with Gasteiger partial charge in [0, 0.05) is 49.2 Å². The molecule has 0 aliphatic carbocycles. The lowest BCUT2D eigenvalue weighted by atomic mass is 10.2. The normalized spacial score (nSPS) is 20.9. The Bertz CT molecular complexity index is 1070. The Morgan fingerprint density at radius 3 is 2.67 bits per heavy atom. The number of nitrogens with zero attached hydrogens (tertiary/aromatic N) is 3. The zero-order chi connectivity index (χ0) is 20.5. The number of H-pyrrole nitrogens is 1. The maximum atomic E-state index is 12.6.